The van der Waals surface area contributed by atoms with Crippen molar-refractivity contribution in [3.8, 4) is 0 Å². The van der Waals surface area contributed by atoms with Crippen LogP contribution in [0.1, 0.15) is 31.2 Å². The molecule has 1 nitrogen and oxygen atoms in total. The summed E-state index contributed by atoms with van der Waals surface area (Å²) in [6.07, 6.45) is 6.52. The number of fused-ring (bicyclic) bond motifs is 1. The van der Waals surface area contributed by atoms with E-state index in [9.17, 15) is 0 Å². The van der Waals surface area contributed by atoms with Crippen LogP contribution in [0.5, 0.6) is 0 Å². The highest BCUT2D eigenvalue weighted by atomic mass is 32.2. The fourth-order valence-corrected chi connectivity index (χ4v) is 4.51. The third kappa shape index (κ3) is 2.01. The zero-order valence-corrected chi connectivity index (χ0v) is 10.4. The Morgan fingerprint density at radius 3 is 2.88 bits per heavy atom. The largest absolute Gasteiger partial charge is 0.327 e. The first-order valence-electron chi connectivity index (χ1n) is 6.33. The van der Waals surface area contributed by atoms with Crippen molar-refractivity contribution in [2.75, 3.05) is 0 Å². The average Bonchev–Trinajstić information content (AvgIpc) is 2.85. The van der Waals surface area contributed by atoms with Gasteiger partial charge in [0, 0.05) is 16.2 Å². The number of thioether (sulfide) groups is 1. The van der Waals surface area contributed by atoms with Crippen LogP contribution in [-0.2, 0) is 6.42 Å². The summed E-state index contributed by atoms with van der Waals surface area (Å²) >= 11 is 2.07. The predicted molar refractivity (Wildman–Crippen MR) is 69.7 cm³/mol. The Kier molecular flexibility index (Phi) is 2.95. The smallest absolute Gasteiger partial charge is 0.0138 e. The lowest BCUT2D eigenvalue weighted by atomic mass is 9.95. The second kappa shape index (κ2) is 4.42. The number of benzene rings is 1. The summed E-state index contributed by atoms with van der Waals surface area (Å²) in [5.74, 6) is 0.784. The third-order valence-electron chi connectivity index (χ3n) is 4.00. The zero-order valence-electron chi connectivity index (χ0n) is 9.56. The van der Waals surface area contributed by atoms with Gasteiger partial charge in [-0.3, -0.25) is 0 Å². The van der Waals surface area contributed by atoms with E-state index in [-0.39, 0.29) is 0 Å². The van der Waals surface area contributed by atoms with Gasteiger partial charge in [0.2, 0.25) is 0 Å². The lowest BCUT2D eigenvalue weighted by molar-refractivity contribution is 0.441. The predicted octanol–water partition coefficient (Wildman–Crippen LogP) is 3.22. The number of hydrogen-bond donors (Lipinski definition) is 1. The molecule has 3 rings (SSSR count). The highest BCUT2D eigenvalue weighted by Crippen LogP contribution is 2.41. The fraction of sp³-hybridized carbons (Fsp3) is 0.571. The minimum absolute atomic E-state index is 0.476. The summed E-state index contributed by atoms with van der Waals surface area (Å²) in [5.41, 5.74) is 7.70. The molecule has 3 unspecified atom stereocenters. The first-order valence-corrected chi connectivity index (χ1v) is 7.21. The van der Waals surface area contributed by atoms with Gasteiger partial charge < -0.3 is 5.73 Å². The molecule has 3 atom stereocenters. The van der Waals surface area contributed by atoms with Crippen molar-refractivity contribution in [1.29, 1.82) is 0 Å². The van der Waals surface area contributed by atoms with Crippen LogP contribution >= 0.6 is 11.8 Å². The van der Waals surface area contributed by atoms with Gasteiger partial charge in [0.1, 0.15) is 0 Å². The van der Waals surface area contributed by atoms with Gasteiger partial charge in [-0.15, -0.1) is 11.8 Å². The Morgan fingerprint density at radius 1 is 1.25 bits per heavy atom. The van der Waals surface area contributed by atoms with Crippen LogP contribution in [0.2, 0.25) is 0 Å². The Labute approximate surface area is 102 Å². The first kappa shape index (κ1) is 10.7. The topological polar surface area (TPSA) is 26.0 Å². The maximum absolute atomic E-state index is 6.15. The number of rotatable bonds is 2. The molecule has 1 fully saturated rings. The number of nitrogens with two attached hydrogens (primary N) is 1. The van der Waals surface area contributed by atoms with E-state index in [1.165, 1.54) is 37.0 Å². The van der Waals surface area contributed by atoms with Gasteiger partial charge in [-0.1, -0.05) is 24.6 Å². The summed E-state index contributed by atoms with van der Waals surface area (Å²) in [5, 5.41) is 0.784. The minimum atomic E-state index is 0.476. The van der Waals surface area contributed by atoms with Crippen molar-refractivity contribution in [3.63, 3.8) is 0 Å². The maximum atomic E-state index is 6.15. The molecular weight excluding hydrogens is 214 g/mol. The minimum Gasteiger partial charge on any atom is -0.327 e. The summed E-state index contributed by atoms with van der Waals surface area (Å²) in [7, 11) is 0. The van der Waals surface area contributed by atoms with Crippen LogP contribution in [-0.4, -0.2) is 11.3 Å². The van der Waals surface area contributed by atoms with Crippen LogP contribution in [0.3, 0.4) is 0 Å². The van der Waals surface area contributed by atoms with Crippen LogP contribution in [0, 0.1) is 5.92 Å². The molecular formula is C14H19NS. The van der Waals surface area contributed by atoms with Crippen molar-refractivity contribution in [3.05, 3.63) is 29.8 Å². The molecule has 1 saturated carbocycles. The molecule has 1 aliphatic heterocycles. The van der Waals surface area contributed by atoms with Gasteiger partial charge >= 0.3 is 0 Å². The van der Waals surface area contributed by atoms with Gasteiger partial charge in [0.15, 0.2) is 0 Å². The van der Waals surface area contributed by atoms with E-state index in [0.717, 1.165) is 11.2 Å². The molecule has 1 aromatic rings. The standard InChI is InChI=1S/C14H19NS/c15-13-6-3-5-10(13)8-12-9-11-4-1-2-7-14(11)16-12/h1-2,4,7,10,12-13H,3,5-6,8-9,15H2. The normalized spacial score (nSPS) is 32.9. The van der Waals surface area contributed by atoms with Crippen molar-refractivity contribution in [2.45, 2.75) is 48.3 Å². The molecule has 0 spiro atoms. The van der Waals surface area contributed by atoms with E-state index < -0.39 is 0 Å². The lowest BCUT2D eigenvalue weighted by Gasteiger charge is -2.18. The van der Waals surface area contributed by atoms with Gasteiger partial charge in [0.25, 0.3) is 0 Å². The van der Waals surface area contributed by atoms with E-state index in [1.807, 2.05) is 0 Å². The Morgan fingerprint density at radius 2 is 2.12 bits per heavy atom. The zero-order chi connectivity index (χ0) is 11.0. The third-order valence-corrected chi connectivity index (χ3v) is 5.34. The van der Waals surface area contributed by atoms with Gasteiger partial charge in [-0.2, -0.15) is 0 Å². The molecule has 0 aromatic heterocycles. The summed E-state index contributed by atoms with van der Waals surface area (Å²) in [4.78, 5) is 1.50. The van der Waals surface area contributed by atoms with E-state index in [4.69, 9.17) is 5.73 Å². The van der Waals surface area contributed by atoms with Gasteiger partial charge in [0.05, 0.1) is 0 Å². The average molecular weight is 233 g/mol. The molecule has 0 radical (unpaired) electrons. The highest BCUT2D eigenvalue weighted by Gasteiger charge is 2.30. The van der Waals surface area contributed by atoms with Crippen LogP contribution in [0.15, 0.2) is 29.2 Å². The van der Waals surface area contributed by atoms with Crippen molar-refractivity contribution in [2.24, 2.45) is 11.7 Å². The molecule has 1 heterocycles. The Balaban J connectivity index is 1.63. The number of hydrogen-bond acceptors (Lipinski definition) is 2. The van der Waals surface area contributed by atoms with Crippen molar-refractivity contribution >= 4 is 11.8 Å². The lowest BCUT2D eigenvalue weighted by Crippen LogP contribution is -2.26. The van der Waals surface area contributed by atoms with Crippen LogP contribution < -0.4 is 5.73 Å². The molecule has 2 aliphatic rings. The SMILES string of the molecule is NC1CCCC1CC1Cc2ccccc2S1. The van der Waals surface area contributed by atoms with Crippen molar-refractivity contribution < 1.29 is 0 Å². The molecule has 16 heavy (non-hydrogen) atoms. The van der Waals surface area contributed by atoms with Gasteiger partial charge in [-0.05, 0) is 43.2 Å². The van der Waals surface area contributed by atoms with Crippen molar-refractivity contribution in [1.82, 2.24) is 0 Å². The molecule has 1 aliphatic carbocycles. The maximum Gasteiger partial charge on any atom is 0.0138 e. The fourth-order valence-electron chi connectivity index (χ4n) is 3.08. The molecule has 2 N–H and O–H groups in total. The Bertz CT molecular complexity index is 352. The summed E-state index contributed by atoms with van der Waals surface area (Å²) in [6, 6.07) is 9.31. The first-order chi connectivity index (χ1) is 7.83. The molecule has 1 aromatic carbocycles. The Hall–Kier alpha value is -0.470. The molecule has 86 valence electrons. The second-order valence-corrected chi connectivity index (χ2v) is 6.48. The molecule has 0 saturated heterocycles. The second-order valence-electron chi connectivity index (χ2n) is 5.14. The molecule has 0 bridgehead atoms. The van der Waals surface area contributed by atoms with E-state index in [1.54, 1.807) is 5.56 Å². The van der Waals surface area contributed by atoms with Crippen LogP contribution in [0.25, 0.3) is 0 Å². The van der Waals surface area contributed by atoms with E-state index >= 15 is 0 Å². The highest BCUT2D eigenvalue weighted by molar-refractivity contribution is 8.00. The van der Waals surface area contributed by atoms with E-state index in [2.05, 4.69) is 36.0 Å². The summed E-state index contributed by atoms with van der Waals surface area (Å²) < 4.78 is 0. The van der Waals surface area contributed by atoms with Gasteiger partial charge in [-0.25, -0.2) is 0 Å². The molecule has 2 heteroatoms. The van der Waals surface area contributed by atoms with E-state index in [0.29, 0.717) is 6.04 Å². The quantitative estimate of drug-likeness (QED) is 0.848. The monoisotopic (exact) mass is 233 g/mol. The molecule has 0 amide bonds. The summed E-state index contributed by atoms with van der Waals surface area (Å²) in [6.45, 7) is 0. The van der Waals surface area contributed by atoms with Crippen LogP contribution in [0.4, 0.5) is 0 Å².